The van der Waals surface area contributed by atoms with Crippen molar-refractivity contribution in [3.63, 3.8) is 0 Å². The molecule has 3 heteroatoms. The van der Waals surface area contributed by atoms with Gasteiger partial charge in [0.05, 0.1) is 6.10 Å². The van der Waals surface area contributed by atoms with E-state index in [1.165, 1.54) is 12.1 Å². The molecule has 0 amide bonds. The average molecular weight is 323 g/mol. The first-order chi connectivity index (χ1) is 8.97. The molecule has 19 heavy (non-hydrogen) atoms. The molecule has 1 unspecified atom stereocenters. The number of benzene rings is 2. The van der Waals surface area contributed by atoms with Crippen molar-refractivity contribution in [2.24, 2.45) is 0 Å². The predicted molar refractivity (Wildman–Crippen MR) is 78.7 cm³/mol. The van der Waals surface area contributed by atoms with Crippen LogP contribution >= 0.6 is 15.9 Å². The maximum atomic E-state index is 13.2. The first kappa shape index (κ1) is 14.2. The highest BCUT2D eigenvalue weighted by atomic mass is 79.9. The van der Waals surface area contributed by atoms with E-state index >= 15 is 0 Å². The number of halogens is 2. The van der Waals surface area contributed by atoms with E-state index in [9.17, 15) is 9.50 Å². The number of aliphatic hydroxyl groups is 1. The summed E-state index contributed by atoms with van der Waals surface area (Å²) in [7, 11) is 0. The number of rotatable bonds is 3. The van der Waals surface area contributed by atoms with Crippen molar-refractivity contribution in [1.82, 2.24) is 0 Å². The molecular weight excluding hydrogens is 307 g/mol. The van der Waals surface area contributed by atoms with Crippen molar-refractivity contribution >= 4 is 15.9 Å². The van der Waals surface area contributed by atoms with E-state index in [1.807, 2.05) is 32.0 Å². The molecule has 0 saturated heterocycles. The second kappa shape index (κ2) is 5.85. The summed E-state index contributed by atoms with van der Waals surface area (Å²) in [6.45, 7) is 3.92. The van der Waals surface area contributed by atoms with E-state index in [4.69, 9.17) is 0 Å². The fourth-order valence-corrected chi connectivity index (χ4v) is 2.40. The van der Waals surface area contributed by atoms with Crippen LogP contribution in [0.4, 0.5) is 4.39 Å². The molecule has 0 fully saturated rings. The molecule has 0 bridgehead atoms. The standard InChI is InChI=1S/C16H16BrFO/c1-10-4-6-14(18)7-13(10)9-16(19)12-5-3-11(2)15(17)8-12/h3-8,16,19H,9H2,1-2H3. The van der Waals surface area contributed by atoms with Crippen LogP contribution < -0.4 is 0 Å². The smallest absolute Gasteiger partial charge is 0.123 e. The number of aryl methyl sites for hydroxylation is 2. The predicted octanol–water partition coefficient (Wildman–Crippen LogP) is 4.48. The molecular formula is C16H16BrFO. The van der Waals surface area contributed by atoms with Gasteiger partial charge in [-0.3, -0.25) is 0 Å². The Morgan fingerprint density at radius 3 is 2.47 bits per heavy atom. The van der Waals surface area contributed by atoms with Crippen LogP contribution in [0.15, 0.2) is 40.9 Å². The molecule has 0 aliphatic carbocycles. The molecule has 0 aromatic heterocycles. The van der Waals surface area contributed by atoms with Gasteiger partial charge in [0.2, 0.25) is 0 Å². The summed E-state index contributed by atoms with van der Waals surface area (Å²) in [5.74, 6) is -0.266. The first-order valence-corrected chi connectivity index (χ1v) is 6.96. The van der Waals surface area contributed by atoms with Gasteiger partial charge in [-0.05, 0) is 54.3 Å². The lowest BCUT2D eigenvalue weighted by Crippen LogP contribution is -2.04. The highest BCUT2D eigenvalue weighted by molar-refractivity contribution is 9.10. The third kappa shape index (κ3) is 3.43. The van der Waals surface area contributed by atoms with Gasteiger partial charge in [-0.1, -0.05) is 34.1 Å². The Balaban J connectivity index is 2.22. The number of aliphatic hydroxyl groups excluding tert-OH is 1. The Bertz CT molecular complexity index is 595. The van der Waals surface area contributed by atoms with Crippen molar-refractivity contribution in [2.45, 2.75) is 26.4 Å². The zero-order valence-corrected chi connectivity index (χ0v) is 12.5. The van der Waals surface area contributed by atoms with Crippen LogP contribution in [0.25, 0.3) is 0 Å². The van der Waals surface area contributed by atoms with E-state index in [2.05, 4.69) is 15.9 Å². The summed E-state index contributed by atoms with van der Waals surface area (Å²) in [5, 5.41) is 10.3. The van der Waals surface area contributed by atoms with Gasteiger partial charge in [0.25, 0.3) is 0 Å². The number of hydrogen-bond donors (Lipinski definition) is 1. The van der Waals surface area contributed by atoms with Crippen LogP contribution in [0.3, 0.4) is 0 Å². The number of hydrogen-bond acceptors (Lipinski definition) is 1. The van der Waals surface area contributed by atoms with Gasteiger partial charge in [-0.2, -0.15) is 0 Å². The Morgan fingerprint density at radius 2 is 1.79 bits per heavy atom. The lowest BCUT2D eigenvalue weighted by atomic mass is 9.97. The maximum absolute atomic E-state index is 13.2. The summed E-state index contributed by atoms with van der Waals surface area (Å²) in [6, 6.07) is 10.4. The first-order valence-electron chi connectivity index (χ1n) is 6.16. The van der Waals surface area contributed by atoms with E-state index < -0.39 is 6.10 Å². The third-order valence-electron chi connectivity index (χ3n) is 3.31. The average Bonchev–Trinajstić information content (AvgIpc) is 2.37. The lowest BCUT2D eigenvalue weighted by molar-refractivity contribution is 0.178. The minimum atomic E-state index is -0.627. The molecule has 0 aliphatic rings. The van der Waals surface area contributed by atoms with Crippen molar-refractivity contribution < 1.29 is 9.50 Å². The normalized spacial score (nSPS) is 12.5. The van der Waals surface area contributed by atoms with Crippen molar-refractivity contribution in [1.29, 1.82) is 0 Å². The summed E-state index contributed by atoms with van der Waals surface area (Å²) in [4.78, 5) is 0. The summed E-state index contributed by atoms with van der Waals surface area (Å²) in [5.41, 5.74) is 3.79. The van der Waals surface area contributed by atoms with Crippen LogP contribution in [-0.2, 0) is 6.42 Å². The maximum Gasteiger partial charge on any atom is 0.123 e. The van der Waals surface area contributed by atoms with Crippen LogP contribution in [0.5, 0.6) is 0 Å². The van der Waals surface area contributed by atoms with Gasteiger partial charge in [0.15, 0.2) is 0 Å². The zero-order valence-electron chi connectivity index (χ0n) is 11.0. The van der Waals surface area contributed by atoms with Crippen LogP contribution in [0, 0.1) is 19.7 Å². The molecule has 2 rings (SSSR count). The molecule has 0 radical (unpaired) electrons. The molecule has 0 spiro atoms. The quantitative estimate of drug-likeness (QED) is 0.883. The Kier molecular flexibility index (Phi) is 4.38. The van der Waals surface area contributed by atoms with Gasteiger partial charge in [0.1, 0.15) is 5.82 Å². The van der Waals surface area contributed by atoms with Crippen LogP contribution in [0.1, 0.15) is 28.4 Å². The summed E-state index contributed by atoms with van der Waals surface area (Å²) < 4.78 is 14.2. The van der Waals surface area contributed by atoms with E-state index in [1.54, 1.807) is 6.07 Å². The van der Waals surface area contributed by atoms with Gasteiger partial charge >= 0.3 is 0 Å². The molecule has 100 valence electrons. The van der Waals surface area contributed by atoms with Gasteiger partial charge in [-0.15, -0.1) is 0 Å². The second-order valence-corrected chi connectivity index (χ2v) is 5.65. The zero-order chi connectivity index (χ0) is 14.0. The molecule has 0 heterocycles. The summed E-state index contributed by atoms with van der Waals surface area (Å²) in [6.07, 6.45) is -0.212. The van der Waals surface area contributed by atoms with E-state index in [0.717, 1.165) is 26.7 Å². The molecule has 1 atom stereocenters. The monoisotopic (exact) mass is 322 g/mol. The van der Waals surface area contributed by atoms with Crippen molar-refractivity contribution in [3.8, 4) is 0 Å². The highest BCUT2D eigenvalue weighted by Gasteiger charge is 2.12. The Hall–Kier alpha value is -1.19. The topological polar surface area (TPSA) is 20.2 Å². The highest BCUT2D eigenvalue weighted by Crippen LogP contribution is 2.25. The summed E-state index contributed by atoms with van der Waals surface area (Å²) >= 11 is 3.45. The van der Waals surface area contributed by atoms with Gasteiger partial charge in [0, 0.05) is 10.9 Å². The van der Waals surface area contributed by atoms with E-state index in [0.29, 0.717) is 6.42 Å². The fraction of sp³-hybridized carbons (Fsp3) is 0.250. The molecule has 2 aromatic carbocycles. The fourth-order valence-electron chi connectivity index (χ4n) is 2.00. The SMILES string of the molecule is Cc1ccc(C(O)Cc2cc(F)ccc2C)cc1Br. The van der Waals surface area contributed by atoms with Crippen LogP contribution in [-0.4, -0.2) is 5.11 Å². The minimum Gasteiger partial charge on any atom is -0.388 e. The molecule has 0 aliphatic heterocycles. The third-order valence-corrected chi connectivity index (χ3v) is 4.16. The van der Waals surface area contributed by atoms with Gasteiger partial charge in [-0.25, -0.2) is 4.39 Å². The van der Waals surface area contributed by atoms with Crippen molar-refractivity contribution in [2.75, 3.05) is 0 Å². The second-order valence-electron chi connectivity index (χ2n) is 4.80. The minimum absolute atomic E-state index is 0.266. The molecule has 2 aromatic rings. The largest absolute Gasteiger partial charge is 0.388 e. The molecule has 0 saturated carbocycles. The molecule has 1 N–H and O–H groups in total. The molecule has 1 nitrogen and oxygen atoms in total. The Morgan fingerprint density at radius 1 is 1.11 bits per heavy atom. The van der Waals surface area contributed by atoms with Gasteiger partial charge < -0.3 is 5.11 Å². The Labute approximate surface area is 121 Å². The van der Waals surface area contributed by atoms with E-state index in [-0.39, 0.29) is 5.82 Å². The van der Waals surface area contributed by atoms with Crippen LogP contribution in [0.2, 0.25) is 0 Å². The lowest BCUT2D eigenvalue weighted by Gasteiger charge is -2.14. The van der Waals surface area contributed by atoms with Crippen molar-refractivity contribution in [3.05, 3.63) is 68.9 Å².